The Hall–Kier alpha value is -3.59. The van der Waals surface area contributed by atoms with Crippen molar-refractivity contribution < 1.29 is 4.79 Å². The number of hydrogen-bond acceptors (Lipinski definition) is 4. The van der Waals surface area contributed by atoms with Gasteiger partial charge in [0.2, 0.25) is 5.91 Å². The Morgan fingerprint density at radius 3 is 2.14 bits per heavy atom. The van der Waals surface area contributed by atoms with Crippen LogP contribution < -0.4 is 4.90 Å². The summed E-state index contributed by atoms with van der Waals surface area (Å²) in [7, 11) is 0. The van der Waals surface area contributed by atoms with E-state index in [2.05, 4.69) is 18.2 Å². The van der Waals surface area contributed by atoms with Crippen LogP contribution in [0.4, 0.5) is 11.4 Å². The molecular weight excluding hydrogens is 474 g/mol. The van der Waals surface area contributed by atoms with Gasteiger partial charge in [0.15, 0.2) is 0 Å². The van der Waals surface area contributed by atoms with E-state index in [0.29, 0.717) is 15.6 Å². The van der Waals surface area contributed by atoms with Crippen molar-refractivity contribution in [3.8, 4) is 17.3 Å². The van der Waals surface area contributed by atoms with Gasteiger partial charge in [-0.15, -0.1) is 0 Å². The van der Waals surface area contributed by atoms with Crippen molar-refractivity contribution in [2.75, 3.05) is 4.90 Å². The molecule has 1 unspecified atom stereocenters. The van der Waals surface area contributed by atoms with Crippen LogP contribution in [0.1, 0.15) is 23.6 Å². The van der Waals surface area contributed by atoms with Crippen LogP contribution in [0.2, 0.25) is 5.02 Å². The van der Waals surface area contributed by atoms with Crippen LogP contribution in [0.5, 0.6) is 0 Å². The summed E-state index contributed by atoms with van der Waals surface area (Å²) in [4.78, 5) is 20.5. The Morgan fingerprint density at radius 2 is 1.54 bits per heavy atom. The lowest BCUT2D eigenvalue weighted by atomic mass is 10.0. The topological polar surface area (TPSA) is 57.0 Å². The quantitative estimate of drug-likeness (QED) is 0.280. The van der Waals surface area contributed by atoms with Crippen molar-refractivity contribution >= 4 is 40.6 Å². The van der Waals surface area contributed by atoms with E-state index >= 15 is 0 Å². The molecule has 1 aliphatic heterocycles. The molecule has 172 valence electrons. The molecule has 0 N–H and O–H groups in total. The van der Waals surface area contributed by atoms with Crippen LogP contribution in [-0.2, 0) is 17.6 Å². The van der Waals surface area contributed by atoms with E-state index in [4.69, 9.17) is 16.6 Å². The molecular formula is C29H22ClN3OS. The number of aryl methyl sites for hydroxylation is 2. The third-order valence-corrected chi connectivity index (χ3v) is 7.45. The zero-order chi connectivity index (χ0) is 24.4. The predicted octanol–water partition coefficient (Wildman–Crippen LogP) is 7.22. The molecule has 1 aliphatic rings. The number of nitriles is 1. The highest BCUT2D eigenvalue weighted by atomic mass is 35.5. The van der Waals surface area contributed by atoms with Crippen molar-refractivity contribution in [3.63, 3.8) is 0 Å². The van der Waals surface area contributed by atoms with Gasteiger partial charge in [-0.2, -0.15) is 5.26 Å². The van der Waals surface area contributed by atoms with Crippen molar-refractivity contribution in [2.24, 2.45) is 0 Å². The minimum Gasteiger partial charge on any atom is -0.280 e. The van der Waals surface area contributed by atoms with Crippen LogP contribution in [0.3, 0.4) is 0 Å². The highest BCUT2D eigenvalue weighted by Gasteiger charge is 2.30. The maximum atomic E-state index is 14.0. The van der Waals surface area contributed by atoms with E-state index in [-0.39, 0.29) is 5.91 Å². The zero-order valence-corrected chi connectivity index (χ0v) is 20.7. The molecule has 0 bridgehead atoms. The molecule has 0 fully saturated rings. The molecule has 0 saturated carbocycles. The third kappa shape index (κ3) is 4.68. The van der Waals surface area contributed by atoms with Gasteiger partial charge in [0.25, 0.3) is 0 Å². The molecule has 0 spiro atoms. The first-order chi connectivity index (χ1) is 17.0. The van der Waals surface area contributed by atoms with E-state index in [9.17, 15) is 10.1 Å². The summed E-state index contributed by atoms with van der Waals surface area (Å²) in [5.41, 5.74) is 6.20. The fraction of sp³-hybridized carbons (Fsp3) is 0.138. The lowest BCUT2D eigenvalue weighted by molar-refractivity contribution is -0.117. The first kappa shape index (κ1) is 23.2. The van der Waals surface area contributed by atoms with Crippen LogP contribution in [-0.4, -0.2) is 16.1 Å². The van der Waals surface area contributed by atoms with Gasteiger partial charge in [0.1, 0.15) is 11.1 Å². The number of carbonyl (C=O) groups excluding carboxylic acids is 1. The number of anilines is 2. The van der Waals surface area contributed by atoms with Gasteiger partial charge in [-0.1, -0.05) is 71.9 Å². The van der Waals surface area contributed by atoms with Gasteiger partial charge in [0, 0.05) is 10.6 Å². The number of rotatable bonds is 4. The summed E-state index contributed by atoms with van der Waals surface area (Å²) in [5, 5.41) is 10.4. The molecule has 1 aromatic heterocycles. The lowest BCUT2D eigenvalue weighted by Gasteiger charge is -2.27. The Kier molecular flexibility index (Phi) is 6.59. The number of amides is 1. The average Bonchev–Trinajstić information content (AvgIpc) is 3.05. The Bertz CT molecular complexity index is 1400. The molecule has 1 amide bonds. The number of fused-ring (bicyclic) bond motifs is 2. The van der Waals surface area contributed by atoms with E-state index in [0.717, 1.165) is 46.6 Å². The van der Waals surface area contributed by atoms with Gasteiger partial charge in [-0.3, -0.25) is 9.69 Å². The molecule has 4 nitrogen and oxygen atoms in total. The predicted molar refractivity (Wildman–Crippen MR) is 142 cm³/mol. The molecule has 6 heteroatoms. The Morgan fingerprint density at radius 1 is 0.943 bits per heavy atom. The number of halogens is 1. The Labute approximate surface area is 214 Å². The number of carbonyl (C=O) groups is 1. The van der Waals surface area contributed by atoms with Gasteiger partial charge in [0.05, 0.1) is 27.9 Å². The summed E-state index contributed by atoms with van der Waals surface area (Å²) in [6, 6.07) is 29.4. The number of pyridine rings is 1. The van der Waals surface area contributed by atoms with E-state index in [1.807, 2.05) is 78.6 Å². The third-order valence-electron chi connectivity index (χ3n) is 6.11. The molecule has 4 aromatic rings. The minimum atomic E-state index is -0.464. The van der Waals surface area contributed by atoms with Crippen molar-refractivity contribution in [1.29, 1.82) is 5.26 Å². The highest BCUT2D eigenvalue weighted by molar-refractivity contribution is 8.00. The van der Waals surface area contributed by atoms with Crippen molar-refractivity contribution in [2.45, 2.75) is 30.0 Å². The maximum Gasteiger partial charge on any atom is 0.244 e. The van der Waals surface area contributed by atoms with Gasteiger partial charge in [-0.25, -0.2) is 4.98 Å². The highest BCUT2D eigenvalue weighted by Crippen LogP contribution is 2.38. The summed E-state index contributed by atoms with van der Waals surface area (Å²) < 4.78 is 0. The van der Waals surface area contributed by atoms with Crippen LogP contribution >= 0.6 is 23.4 Å². The zero-order valence-electron chi connectivity index (χ0n) is 19.1. The van der Waals surface area contributed by atoms with E-state index in [1.165, 1.54) is 11.8 Å². The van der Waals surface area contributed by atoms with Gasteiger partial charge in [-0.05, 0) is 67.3 Å². The number of nitrogens with zero attached hydrogens (tertiary/aromatic N) is 3. The molecule has 2 heterocycles. The number of benzene rings is 3. The standard InChI is InChI=1S/C29H22ClN3OS/c1-19(35-28-23(18-31)14-17-25(32-28)20-12-15-24(30)16-13-20)29(34)33-26-8-4-2-6-21(26)10-11-22-7-3-5-9-27(22)33/h2-9,12-17,19H,10-11H2,1H3. The fourth-order valence-corrected chi connectivity index (χ4v) is 5.37. The molecule has 0 aliphatic carbocycles. The Balaban J connectivity index is 1.50. The summed E-state index contributed by atoms with van der Waals surface area (Å²) >= 11 is 7.34. The normalized spacial score (nSPS) is 13.2. The van der Waals surface area contributed by atoms with E-state index in [1.54, 1.807) is 6.07 Å². The second kappa shape index (κ2) is 9.95. The smallest absolute Gasteiger partial charge is 0.244 e. The second-order valence-corrected chi connectivity index (χ2v) is 10.1. The molecule has 3 aromatic carbocycles. The molecule has 5 rings (SSSR count). The largest absolute Gasteiger partial charge is 0.280 e. The number of para-hydroxylation sites is 2. The average molecular weight is 496 g/mol. The second-order valence-electron chi connectivity index (χ2n) is 8.36. The number of hydrogen-bond donors (Lipinski definition) is 0. The van der Waals surface area contributed by atoms with Crippen LogP contribution in [0, 0.1) is 11.3 Å². The molecule has 0 radical (unpaired) electrons. The monoisotopic (exact) mass is 495 g/mol. The van der Waals surface area contributed by atoms with Crippen molar-refractivity contribution in [1.82, 2.24) is 4.98 Å². The van der Waals surface area contributed by atoms with Gasteiger partial charge < -0.3 is 0 Å². The summed E-state index contributed by atoms with van der Waals surface area (Å²) in [6.45, 7) is 1.88. The van der Waals surface area contributed by atoms with E-state index < -0.39 is 5.25 Å². The van der Waals surface area contributed by atoms with Crippen LogP contribution in [0.15, 0.2) is 90.0 Å². The minimum absolute atomic E-state index is 0.0422. The molecule has 35 heavy (non-hydrogen) atoms. The molecule has 1 atom stereocenters. The fourth-order valence-electron chi connectivity index (χ4n) is 4.31. The summed E-state index contributed by atoms with van der Waals surface area (Å²) in [5.74, 6) is -0.0422. The van der Waals surface area contributed by atoms with Gasteiger partial charge >= 0.3 is 0 Å². The lowest BCUT2D eigenvalue weighted by Crippen LogP contribution is -2.33. The SMILES string of the molecule is CC(Sc1nc(-c2ccc(Cl)cc2)ccc1C#N)C(=O)N1c2ccccc2CCc2ccccc21. The molecule has 0 saturated heterocycles. The van der Waals surface area contributed by atoms with Crippen LogP contribution in [0.25, 0.3) is 11.3 Å². The maximum absolute atomic E-state index is 14.0. The van der Waals surface area contributed by atoms with Crippen molar-refractivity contribution in [3.05, 3.63) is 107 Å². The number of thioether (sulfide) groups is 1. The first-order valence-electron chi connectivity index (χ1n) is 11.4. The first-order valence-corrected chi connectivity index (χ1v) is 12.6. The summed E-state index contributed by atoms with van der Waals surface area (Å²) in [6.07, 6.45) is 1.75. The number of aromatic nitrogens is 1.